The number of unbranched alkanes of at least 4 members (excludes halogenated alkanes) is 10. The fourth-order valence-corrected chi connectivity index (χ4v) is 4.55. The summed E-state index contributed by atoms with van der Waals surface area (Å²) in [6, 6.07) is 0. The third-order valence-corrected chi connectivity index (χ3v) is 6.53. The summed E-state index contributed by atoms with van der Waals surface area (Å²) in [5, 5.41) is 21.2. The van der Waals surface area contributed by atoms with Gasteiger partial charge in [0.05, 0.1) is 6.61 Å². The monoisotopic (exact) mass is 478 g/mol. The molecule has 1 rings (SSSR count). The minimum absolute atomic E-state index is 0.00314. The lowest BCUT2D eigenvalue weighted by Gasteiger charge is -2.22. The van der Waals surface area contributed by atoms with Gasteiger partial charge in [-0.05, 0) is 56.1 Å². The molecule has 0 amide bonds. The highest BCUT2D eigenvalue weighted by molar-refractivity contribution is 5.94. The number of rotatable bonds is 21. The molecule has 0 aliphatic rings. The maximum absolute atomic E-state index is 12.3. The lowest BCUT2D eigenvalue weighted by molar-refractivity contribution is -0.208. The van der Waals surface area contributed by atoms with Crippen LogP contribution in [-0.2, 0) is 24.2 Å². The molecule has 0 saturated carbocycles. The molecule has 2 N–H and O–H groups in total. The first-order chi connectivity index (χ1) is 16.5. The van der Waals surface area contributed by atoms with E-state index in [1.807, 2.05) is 0 Å². The summed E-state index contributed by atoms with van der Waals surface area (Å²) in [6.07, 6.45) is 17.2. The van der Waals surface area contributed by atoms with Crippen LogP contribution in [-0.4, -0.2) is 22.8 Å². The van der Waals surface area contributed by atoms with Gasteiger partial charge in [-0.2, -0.15) is 4.89 Å². The fourth-order valence-electron chi connectivity index (χ4n) is 4.55. The summed E-state index contributed by atoms with van der Waals surface area (Å²) in [5.74, 6) is -1.13. The first-order valence-electron chi connectivity index (χ1n) is 13.9. The Morgan fingerprint density at radius 3 is 1.65 bits per heavy atom. The number of hydrogen-bond donors (Lipinski definition) is 2. The van der Waals surface area contributed by atoms with Crippen molar-refractivity contribution in [3.8, 4) is 11.5 Å². The number of carboxylic acids is 1. The van der Waals surface area contributed by atoms with E-state index in [1.165, 1.54) is 19.3 Å². The van der Waals surface area contributed by atoms with Crippen molar-refractivity contribution in [1.29, 1.82) is 0 Å². The molecule has 1 aromatic rings. The Labute approximate surface area is 208 Å². The van der Waals surface area contributed by atoms with E-state index in [4.69, 9.17) is 9.78 Å². The molecule has 0 heterocycles. The van der Waals surface area contributed by atoms with E-state index < -0.39 is 5.97 Å². The molecule has 5 heteroatoms. The zero-order valence-electron chi connectivity index (χ0n) is 22.3. The van der Waals surface area contributed by atoms with Gasteiger partial charge in [-0.25, -0.2) is 4.79 Å². The maximum Gasteiger partial charge on any atom is 0.339 e. The van der Waals surface area contributed by atoms with E-state index in [1.54, 1.807) is 0 Å². The topological polar surface area (TPSA) is 76.0 Å². The van der Waals surface area contributed by atoms with E-state index in [9.17, 15) is 15.0 Å². The number of hydrogen-bond acceptors (Lipinski definition) is 4. The second-order valence-electron chi connectivity index (χ2n) is 9.48. The number of carbonyl (C=O) groups is 1. The van der Waals surface area contributed by atoms with Gasteiger partial charge < -0.3 is 15.1 Å². The minimum Gasteiger partial charge on any atom is -0.504 e. The predicted molar refractivity (Wildman–Crippen MR) is 140 cm³/mol. The molecule has 0 radical (unpaired) electrons. The molecule has 0 saturated heterocycles. The van der Waals surface area contributed by atoms with Crippen molar-refractivity contribution in [3.05, 3.63) is 22.3 Å². The maximum atomic E-state index is 12.3. The molecular weight excluding hydrogens is 428 g/mol. The van der Waals surface area contributed by atoms with Crippen LogP contribution in [0.4, 0.5) is 0 Å². The Balaban J connectivity index is 3.34. The first kappa shape index (κ1) is 30.3. The molecule has 5 nitrogen and oxygen atoms in total. The zero-order valence-corrected chi connectivity index (χ0v) is 22.3. The van der Waals surface area contributed by atoms with Crippen LogP contribution in [0, 0.1) is 0 Å². The van der Waals surface area contributed by atoms with Crippen molar-refractivity contribution in [2.45, 2.75) is 137 Å². The molecule has 34 heavy (non-hydrogen) atoms. The smallest absolute Gasteiger partial charge is 0.339 e. The Morgan fingerprint density at radius 1 is 0.647 bits per heavy atom. The molecule has 0 unspecified atom stereocenters. The van der Waals surface area contributed by atoms with Crippen LogP contribution in [0.5, 0.6) is 11.5 Å². The van der Waals surface area contributed by atoms with Gasteiger partial charge in [0, 0.05) is 5.56 Å². The molecule has 0 aliphatic carbocycles. The summed E-state index contributed by atoms with van der Waals surface area (Å²) in [7, 11) is 0. The second-order valence-corrected chi connectivity index (χ2v) is 9.48. The molecule has 0 atom stereocenters. The summed E-state index contributed by atoms with van der Waals surface area (Å²) < 4.78 is 0. The van der Waals surface area contributed by atoms with Gasteiger partial charge in [0.1, 0.15) is 5.56 Å². The van der Waals surface area contributed by atoms with Crippen LogP contribution in [0.1, 0.15) is 145 Å². The van der Waals surface area contributed by atoms with Crippen molar-refractivity contribution < 1.29 is 24.8 Å². The summed E-state index contributed by atoms with van der Waals surface area (Å²) in [5.41, 5.74) is 2.82. The van der Waals surface area contributed by atoms with Crippen molar-refractivity contribution in [3.63, 3.8) is 0 Å². The first-order valence-corrected chi connectivity index (χ1v) is 13.9. The zero-order chi connectivity index (χ0) is 25.2. The highest BCUT2D eigenvalue weighted by Crippen LogP contribution is 2.42. The summed E-state index contributed by atoms with van der Waals surface area (Å²) in [4.78, 5) is 23.5. The lowest BCUT2D eigenvalue weighted by atomic mass is 9.86. The predicted octanol–water partition coefficient (Wildman–Crippen LogP) is 8.57. The van der Waals surface area contributed by atoms with E-state index in [0.717, 1.165) is 100 Å². The van der Waals surface area contributed by atoms with Crippen LogP contribution < -0.4 is 4.89 Å². The van der Waals surface area contributed by atoms with Gasteiger partial charge in [0.2, 0.25) is 5.75 Å². The SMILES string of the molecule is CCCCCCCOOc1c(O)c(C(=O)O)c(CCCCC)c(CCCCC)c1CCCCC. The van der Waals surface area contributed by atoms with Crippen LogP contribution >= 0.6 is 0 Å². The lowest BCUT2D eigenvalue weighted by Crippen LogP contribution is -2.14. The normalized spacial score (nSPS) is 11.2. The average Bonchev–Trinajstić information content (AvgIpc) is 2.81. The van der Waals surface area contributed by atoms with Gasteiger partial charge in [0.15, 0.2) is 5.75 Å². The summed E-state index contributed by atoms with van der Waals surface area (Å²) >= 11 is 0. The van der Waals surface area contributed by atoms with E-state index >= 15 is 0 Å². The highest BCUT2D eigenvalue weighted by atomic mass is 17.2. The van der Waals surface area contributed by atoms with Crippen molar-refractivity contribution in [1.82, 2.24) is 0 Å². The molecule has 0 bridgehead atoms. The van der Waals surface area contributed by atoms with Gasteiger partial charge in [-0.15, -0.1) is 0 Å². The van der Waals surface area contributed by atoms with E-state index in [0.29, 0.717) is 13.0 Å². The molecule has 1 aromatic carbocycles. The largest absolute Gasteiger partial charge is 0.504 e. The molecule has 0 aliphatic heterocycles. The van der Waals surface area contributed by atoms with Crippen LogP contribution in [0.2, 0.25) is 0 Å². The van der Waals surface area contributed by atoms with Crippen LogP contribution in [0.15, 0.2) is 0 Å². The number of benzene rings is 1. The Hall–Kier alpha value is -1.75. The molecular formula is C29H50O5. The minimum atomic E-state index is -1.09. The summed E-state index contributed by atoms with van der Waals surface area (Å²) in [6.45, 7) is 9.11. The standard InChI is InChI=1S/C29H50O5/c1-5-9-13-14-18-22-33-34-28-25(21-17-12-8-4)23(19-15-10-6-2)24(20-16-11-7-3)26(27(28)30)29(31)32/h30H,5-22H2,1-4H3,(H,31,32). The van der Waals surface area contributed by atoms with Gasteiger partial charge in [-0.1, -0.05) is 91.9 Å². The number of phenols is 1. The average molecular weight is 479 g/mol. The second kappa shape index (κ2) is 18.6. The molecule has 0 fully saturated rings. The van der Waals surface area contributed by atoms with Crippen LogP contribution in [0.3, 0.4) is 0 Å². The third-order valence-electron chi connectivity index (χ3n) is 6.53. The van der Waals surface area contributed by atoms with Gasteiger partial charge in [0.25, 0.3) is 0 Å². The van der Waals surface area contributed by atoms with Crippen molar-refractivity contribution in [2.24, 2.45) is 0 Å². The molecule has 0 aromatic heterocycles. The van der Waals surface area contributed by atoms with Gasteiger partial charge >= 0.3 is 5.97 Å². The number of aromatic carboxylic acids is 1. The quantitative estimate of drug-likeness (QED) is 0.105. The van der Waals surface area contributed by atoms with Crippen molar-refractivity contribution >= 4 is 5.97 Å². The Kier molecular flexibility index (Phi) is 16.5. The molecule has 196 valence electrons. The molecule has 0 spiro atoms. The van der Waals surface area contributed by atoms with Crippen molar-refractivity contribution in [2.75, 3.05) is 6.61 Å². The van der Waals surface area contributed by atoms with Gasteiger partial charge in [-0.3, -0.25) is 0 Å². The third kappa shape index (κ3) is 10.2. The Morgan fingerprint density at radius 2 is 1.12 bits per heavy atom. The number of carboxylic acid groups (broad SMARTS) is 1. The van der Waals surface area contributed by atoms with E-state index in [-0.39, 0.29) is 17.1 Å². The number of aromatic hydroxyl groups is 1. The van der Waals surface area contributed by atoms with E-state index in [2.05, 4.69) is 27.7 Å². The highest BCUT2D eigenvalue weighted by Gasteiger charge is 2.28. The fraction of sp³-hybridized carbons (Fsp3) is 0.759. The van der Waals surface area contributed by atoms with Crippen LogP contribution in [0.25, 0.3) is 0 Å². The Bertz CT molecular complexity index is 698.